The highest BCUT2D eigenvalue weighted by atomic mass is 16.5. The maximum absolute atomic E-state index is 8.81. The van der Waals surface area contributed by atoms with Crippen LogP contribution in [0.1, 0.15) is 30.9 Å². The molecule has 0 spiro atoms. The smallest absolute Gasteiger partial charge is 0.0701 e. The van der Waals surface area contributed by atoms with Crippen LogP contribution < -0.4 is 5.73 Å². The van der Waals surface area contributed by atoms with E-state index >= 15 is 0 Å². The molecule has 4 heteroatoms. The predicted octanol–water partition coefficient (Wildman–Crippen LogP) is 1.55. The molecule has 0 saturated carbocycles. The first-order chi connectivity index (χ1) is 9.85. The summed E-state index contributed by atoms with van der Waals surface area (Å²) in [5.74, 6) is 0. The van der Waals surface area contributed by atoms with Crippen molar-refractivity contribution in [3.05, 3.63) is 35.9 Å². The van der Waals surface area contributed by atoms with E-state index in [0.717, 1.165) is 32.4 Å². The van der Waals surface area contributed by atoms with E-state index in [0.29, 0.717) is 25.3 Å². The molecule has 112 valence electrons. The van der Waals surface area contributed by atoms with Crippen LogP contribution in [0.5, 0.6) is 0 Å². The van der Waals surface area contributed by atoms with E-state index in [1.807, 2.05) is 0 Å². The molecule has 1 aromatic rings. The number of hydrogen-bond donors (Lipinski definition) is 2. The van der Waals surface area contributed by atoms with Gasteiger partial charge in [-0.25, -0.2) is 0 Å². The Balaban J connectivity index is 1.92. The van der Waals surface area contributed by atoms with E-state index in [1.54, 1.807) is 0 Å². The number of nitrogens with zero attached hydrogens (tertiary/aromatic N) is 1. The summed E-state index contributed by atoms with van der Waals surface area (Å²) in [6, 6.07) is 11.0. The van der Waals surface area contributed by atoms with Crippen LogP contribution in [0.2, 0.25) is 0 Å². The second kappa shape index (κ2) is 8.37. The van der Waals surface area contributed by atoms with Gasteiger partial charge in [-0.15, -0.1) is 0 Å². The fourth-order valence-corrected chi connectivity index (χ4v) is 2.97. The molecule has 3 N–H and O–H groups in total. The third-order valence-electron chi connectivity index (χ3n) is 3.99. The lowest BCUT2D eigenvalue weighted by Crippen LogP contribution is -2.40. The second-order valence-corrected chi connectivity index (χ2v) is 5.33. The van der Waals surface area contributed by atoms with E-state index < -0.39 is 0 Å². The Kier molecular flexibility index (Phi) is 6.47. The Morgan fingerprint density at radius 3 is 2.55 bits per heavy atom. The molecular formula is C16H26N2O2. The Morgan fingerprint density at radius 2 is 1.95 bits per heavy atom. The van der Waals surface area contributed by atoms with Gasteiger partial charge in [-0.1, -0.05) is 30.3 Å². The summed E-state index contributed by atoms with van der Waals surface area (Å²) in [4.78, 5) is 2.51. The lowest BCUT2D eigenvalue weighted by Gasteiger charge is -2.37. The lowest BCUT2D eigenvalue weighted by atomic mass is 9.98. The molecule has 1 unspecified atom stereocenters. The van der Waals surface area contributed by atoms with Crippen molar-refractivity contribution in [2.75, 3.05) is 32.8 Å². The maximum Gasteiger partial charge on any atom is 0.0701 e. The summed E-state index contributed by atoms with van der Waals surface area (Å²) >= 11 is 0. The largest absolute Gasteiger partial charge is 0.394 e. The van der Waals surface area contributed by atoms with Crippen LogP contribution in [0.15, 0.2) is 30.3 Å². The zero-order valence-electron chi connectivity index (χ0n) is 12.1. The van der Waals surface area contributed by atoms with Crippen molar-refractivity contribution >= 4 is 0 Å². The van der Waals surface area contributed by atoms with E-state index in [1.165, 1.54) is 5.56 Å². The van der Waals surface area contributed by atoms with Crippen LogP contribution in [-0.2, 0) is 4.74 Å². The van der Waals surface area contributed by atoms with Crippen molar-refractivity contribution in [2.24, 2.45) is 5.73 Å². The number of aliphatic hydroxyl groups excluding tert-OH is 1. The molecule has 1 aliphatic rings. The Labute approximate surface area is 121 Å². The van der Waals surface area contributed by atoms with Gasteiger partial charge in [-0.3, -0.25) is 4.90 Å². The number of piperidine rings is 1. The van der Waals surface area contributed by atoms with E-state index in [4.69, 9.17) is 15.6 Å². The molecule has 1 saturated heterocycles. The summed E-state index contributed by atoms with van der Waals surface area (Å²) in [5.41, 5.74) is 7.14. The molecule has 0 aromatic heterocycles. The van der Waals surface area contributed by atoms with Gasteiger partial charge in [0, 0.05) is 19.1 Å². The molecule has 0 bridgehead atoms. The third-order valence-corrected chi connectivity index (χ3v) is 3.99. The molecule has 4 nitrogen and oxygen atoms in total. The van der Waals surface area contributed by atoms with Crippen LogP contribution in [0.25, 0.3) is 0 Å². The normalized spacial score (nSPS) is 19.1. The first-order valence-electron chi connectivity index (χ1n) is 7.56. The van der Waals surface area contributed by atoms with Crippen LogP contribution in [0.3, 0.4) is 0 Å². The zero-order chi connectivity index (χ0) is 14.2. The molecule has 1 aliphatic heterocycles. The second-order valence-electron chi connectivity index (χ2n) is 5.33. The van der Waals surface area contributed by atoms with Crippen LogP contribution in [0.4, 0.5) is 0 Å². The van der Waals surface area contributed by atoms with Gasteiger partial charge in [-0.05, 0) is 31.4 Å². The fraction of sp³-hybridized carbons (Fsp3) is 0.625. The van der Waals surface area contributed by atoms with Gasteiger partial charge in [0.05, 0.1) is 19.3 Å². The van der Waals surface area contributed by atoms with Crippen LogP contribution in [0, 0.1) is 0 Å². The maximum atomic E-state index is 8.81. The first kappa shape index (κ1) is 15.4. The molecule has 1 fully saturated rings. The average molecular weight is 278 g/mol. The highest BCUT2D eigenvalue weighted by Crippen LogP contribution is 2.27. The third kappa shape index (κ3) is 4.28. The number of likely N-dealkylation sites (tertiary alicyclic amines) is 1. The molecule has 1 atom stereocenters. The molecule has 0 radical (unpaired) electrons. The number of aliphatic hydroxyl groups is 1. The van der Waals surface area contributed by atoms with Gasteiger partial charge in [0.1, 0.15) is 0 Å². The van der Waals surface area contributed by atoms with Gasteiger partial charge >= 0.3 is 0 Å². The summed E-state index contributed by atoms with van der Waals surface area (Å²) in [6.07, 6.45) is 3.36. The van der Waals surface area contributed by atoms with Gasteiger partial charge < -0.3 is 15.6 Å². The number of ether oxygens (including phenoxy) is 1. The summed E-state index contributed by atoms with van der Waals surface area (Å²) in [7, 11) is 0. The van der Waals surface area contributed by atoms with Gasteiger partial charge in [0.2, 0.25) is 0 Å². The Morgan fingerprint density at radius 1 is 1.25 bits per heavy atom. The standard InChI is InChI=1S/C16H26N2O2/c17-9-6-16(14-4-2-1-3-5-14)18-10-7-15(8-11-18)20-13-12-19/h1-5,15-16,19H,6-13,17H2. The van der Waals surface area contributed by atoms with Crippen LogP contribution in [-0.4, -0.2) is 49.0 Å². The minimum atomic E-state index is 0.111. The number of benzene rings is 1. The number of rotatable bonds is 7. The molecular weight excluding hydrogens is 252 g/mol. The molecule has 2 rings (SSSR count). The molecule has 0 aliphatic carbocycles. The highest BCUT2D eigenvalue weighted by molar-refractivity contribution is 5.19. The lowest BCUT2D eigenvalue weighted by molar-refractivity contribution is -0.0160. The fourth-order valence-electron chi connectivity index (χ4n) is 2.97. The van der Waals surface area contributed by atoms with E-state index in [2.05, 4.69) is 35.2 Å². The zero-order valence-corrected chi connectivity index (χ0v) is 12.1. The average Bonchev–Trinajstić information content (AvgIpc) is 2.52. The Hall–Kier alpha value is -0.940. The van der Waals surface area contributed by atoms with Crippen molar-refractivity contribution in [2.45, 2.75) is 31.4 Å². The van der Waals surface area contributed by atoms with Crippen molar-refractivity contribution in [3.8, 4) is 0 Å². The quantitative estimate of drug-likeness (QED) is 0.794. The summed E-state index contributed by atoms with van der Waals surface area (Å²) in [5, 5.41) is 8.81. The summed E-state index contributed by atoms with van der Waals surface area (Å²) < 4.78 is 5.62. The van der Waals surface area contributed by atoms with E-state index in [9.17, 15) is 0 Å². The monoisotopic (exact) mass is 278 g/mol. The van der Waals surface area contributed by atoms with E-state index in [-0.39, 0.29) is 6.61 Å². The minimum absolute atomic E-state index is 0.111. The Bertz CT molecular complexity index is 364. The van der Waals surface area contributed by atoms with Crippen molar-refractivity contribution in [1.82, 2.24) is 4.90 Å². The first-order valence-corrected chi connectivity index (χ1v) is 7.56. The molecule has 1 aromatic carbocycles. The molecule has 20 heavy (non-hydrogen) atoms. The molecule has 1 heterocycles. The van der Waals surface area contributed by atoms with Gasteiger partial charge in [0.15, 0.2) is 0 Å². The summed E-state index contributed by atoms with van der Waals surface area (Å²) in [6.45, 7) is 3.35. The van der Waals surface area contributed by atoms with Gasteiger partial charge in [0.25, 0.3) is 0 Å². The highest BCUT2D eigenvalue weighted by Gasteiger charge is 2.25. The number of nitrogens with two attached hydrogens (primary N) is 1. The van der Waals surface area contributed by atoms with Gasteiger partial charge in [-0.2, -0.15) is 0 Å². The number of hydrogen-bond acceptors (Lipinski definition) is 4. The van der Waals surface area contributed by atoms with Crippen molar-refractivity contribution in [3.63, 3.8) is 0 Å². The SMILES string of the molecule is NCCC(c1ccccc1)N1CCC(OCCO)CC1. The minimum Gasteiger partial charge on any atom is -0.394 e. The van der Waals surface area contributed by atoms with Crippen molar-refractivity contribution in [1.29, 1.82) is 0 Å². The van der Waals surface area contributed by atoms with Crippen LogP contribution >= 0.6 is 0 Å². The van der Waals surface area contributed by atoms with Crippen molar-refractivity contribution < 1.29 is 9.84 Å². The predicted molar refractivity (Wildman–Crippen MR) is 80.5 cm³/mol. The molecule has 0 amide bonds. The topological polar surface area (TPSA) is 58.7 Å².